The second-order valence-corrected chi connectivity index (χ2v) is 4.33. The molecule has 0 aliphatic rings. The van der Waals surface area contributed by atoms with Gasteiger partial charge in [0, 0.05) is 21.0 Å². The van der Waals surface area contributed by atoms with Crippen LogP contribution in [-0.4, -0.2) is 25.5 Å². The lowest BCUT2D eigenvalue weighted by molar-refractivity contribution is 0.0985. The van der Waals surface area contributed by atoms with Crippen molar-refractivity contribution >= 4 is 33.3 Å². The Bertz CT molecular complexity index is 562. The normalized spacial score (nSPS) is 10.2. The largest absolute Gasteiger partial charge is 0.453 e. The number of methoxy groups -OCH3 is 1. The Balaban J connectivity index is 2.17. The third-order valence-corrected chi connectivity index (χ3v) is 3.32. The molecule has 5 heteroatoms. The first-order chi connectivity index (χ1) is 8.22. The maximum Gasteiger partial charge on any atom is 0.407 e. The second kappa shape index (κ2) is 4.97. The van der Waals surface area contributed by atoms with Gasteiger partial charge in [0.15, 0.2) is 5.78 Å². The summed E-state index contributed by atoms with van der Waals surface area (Å²) in [5.74, 6) is -0.118. The van der Waals surface area contributed by atoms with Gasteiger partial charge in [-0.15, -0.1) is 11.3 Å². The molecule has 4 nitrogen and oxygen atoms in total. The monoisotopic (exact) mass is 249 g/mol. The molecule has 0 fully saturated rings. The first-order valence-electron chi connectivity index (χ1n) is 5.03. The molecule has 0 bridgehead atoms. The highest BCUT2D eigenvalue weighted by atomic mass is 32.1. The van der Waals surface area contributed by atoms with Crippen LogP contribution in [-0.2, 0) is 4.74 Å². The lowest BCUT2D eigenvalue weighted by atomic mass is 10.1. The Morgan fingerprint density at radius 2 is 2.12 bits per heavy atom. The predicted octanol–water partition coefficient (Wildman–Crippen LogP) is 2.44. The van der Waals surface area contributed by atoms with E-state index >= 15 is 0 Å². The van der Waals surface area contributed by atoms with Gasteiger partial charge in [0.25, 0.3) is 0 Å². The van der Waals surface area contributed by atoms with E-state index in [2.05, 4.69) is 10.1 Å². The number of fused-ring (bicyclic) bond motifs is 1. The minimum Gasteiger partial charge on any atom is -0.453 e. The molecular formula is C12H11NO3S. The number of rotatable bonds is 3. The molecule has 1 N–H and O–H groups in total. The number of Topliss-reactive ketones (excluding diaryl/α,β-unsaturated/α-hetero) is 1. The van der Waals surface area contributed by atoms with E-state index < -0.39 is 6.09 Å². The van der Waals surface area contributed by atoms with E-state index in [-0.39, 0.29) is 12.3 Å². The molecule has 0 spiro atoms. The van der Waals surface area contributed by atoms with Gasteiger partial charge in [0.05, 0.1) is 13.7 Å². The summed E-state index contributed by atoms with van der Waals surface area (Å²) in [5.41, 5.74) is 0.641. The number of carbonyl (C=O) groups excluding carboxylic acids is 2. The number of alkyl carbamates (subject to hydrolysis) is 1. The topological polar surface area (TPSA) is 55.4 Å². The number of benzene rings is 1. The SMILES string of the molecule is COC(=O)NCC(=O)c1csc2ccccc12. The van der Waals surface area contributed by atoms with Crippen molar-refractivity contribution in [3.63, 3.8) is 0 Å². The van der Waals surface area contributed by atoms with Crippen molar-refractivity contribution in [3.8, 4) is 0 Å². The van der Waals surface area contributed by atoms with Gasteiger partial charge in [0.2, 0.25) is 0 Å². The second-order valence-electron chi connectivity index (χ2n) is 3.41. The van der Waals surface area contributed by atoms with E-state index in [1.165, 1.54) is 18.4 Å². The zero-order valence-corrected chi connectivity index (χ0v) is 10.0. The number of hydrogen-bond donors (Lipinski definition) is 1. The van der Waals surface area contributed by atoms with Gasteiger partial charge in [-0.05, 0) is 6.07 Å². The van der Waals surface area contributed by atoms with Gasteiger partial charge in [-0.1, -0.05) is 18.2 Å². The van der Waals surface area contributed by atoms with E-state index in [0.29, 0.717) is 5.56 Å². The number of ether oxygens (including phenoxy) is 1. The van der Waals surface area contributed by atoms with Crippen molar-refractivity contribution in [2.75, 3.05) is 13.7 Å². The fourth-order valence-corrected chi connectivity index (χ4v) is 2.48. The molecule has 0 unspecified atom stereocenters. The molecule has 2 aromatic rings. The summed E-state index contributed by atoms with van der Waals surface area (Å²) in [6, 6.07) is 7.68. The molecule has 0 saturated carbocycles. The van der Waals surface area contributed by atoms with Crippen molar-refractivity contribution in [3.05, 3.63) is 35.2 Å². The Morgan fingerprint density at radius 1 is 1.35 bits per heavy atom. The third kappa shape index (κ3) is 2.45. The van der Waals surface area contributed by atoms with Crippen molar-refractivity contribution in [2.24, 2.45) is 0 Å². The molecule has 88 valence electrons. The maximum atomic E-state index is 11.9. The van der Waals surface area contributed by atoms with Crippen LogP contribution in [0.4, 0.5) is 4.79 Å². The van der Waals surface area contributed by atoms with Gasteiger partial charge >= 0.3 is 6.09 Å². The van der Waals surface area contributed by atoms with Crippen molar-refractivity contribution in [2.45, 2.75) is 0 Å². The summed E-state index contributed by atoms with van der Waals surface area (Å²) in [5, 5.41) is 5.12. The molecule has 1 amide bonds. The van der Waals surface area contributed by atoms with Crippen molar-refractivity contribution < 1.29 is 14.3 Å². The predicted molar refractivity (Wildman–Crippen MR) is 66.6 cm³/mol. The van der Waals surface area contributed by atoms with Crippen LogP contribution < -0.4 is 5.32 Å². The molecule has 0 aliphatic heterocycles. The van der Waals surface area contributed by atoms with E-state index in [4.69, 9.17) is 0 Å². The van der Waals surface area contributed by atoms with E-state index in [9.17, 15) is 9.59 Å². The molecule has 0 atom stereocenters. The fraction of sp³-hybridized carbons (Fsp3) is 0.167. The Kier molecular flexibility index (Phi) is 3.39. The Hall–Kier alpha value is -1.88. The van der Waals surface area contributed by atoms with Crippen LogP contribution in [0, 0.1) is 0 Å². The van der Waals surface area contributed by atoms with Gasteiger partial charge in [-0.3, -0.25) is 4.79 Å². The average molecular weight is 249 g/mol. The first-order valence-corrected chi connectivity index (χ1v) is 5.91. The van der Waals surface area contributed by atoms with Gasteiger partial charge in [-0.2, -0.15) is 0 Å². The summed E-state index contributed by atoms with van der Waals surface area (Å²) in [6.07, 6.45) is -0.599. The molecule has 1 aromatic carbocycles. The minimum absolute atomic E-state index is 0.0482. The van der Waals surface area contributed by atoms with Crippen molar-refractivity contribution in [1.29, 1.82) is 0 Å². The highest BCUT2D eigenvalue weighted by Gasteiger charge is 2.12. The summed E-state index contributed by atoms with van der Waals surface area (Å²) in [4.78, 5) is 22.7. The quantitative estimate of drug-likeness (QED) is 0.850. The smallest absolute Gasteiger partial charge is 0.407 e. The fourth-order valence-electron chi connectivity index (χ4n) is 1.51. The third-order valence-electron chi connectivity index (χ3n) is 2.36. The lowest BCUT2D eigenvalue weighted by Gasteiger charge is -2.02. The maximum absolute atomic E-state index is 11.9. The standard InChI is InChI=1S/C12H11NO3S/c1-16-12(15)13-6-10(14)9-7-17-11-5-3-2-4-8(9)11/h2-5,7H,6H2,1H3,(H,13,15). The number of amides is 1. The van der Waals surface area contributed by atoms with Crippen LogP contribution in [0.2, 0.25) is 0 Å². The number of nitrogens with one attached hydrogen (secondary N) is 1. The van der Waals surface area contributed by atoms with Gasteiger partial charge < -0.3 is 10.1 Å². The summed E-state index contributed by atoms with van der Waals surface area (Å²) < 4.78 is 5.47. The zero-order valence-electron chi connectivity index (χ0n) is 9.23. The number of hydrogen-bond acceptors (Lipinski definition) is 4. The van der Waals surface area contributed by atoms with Crippen LogP contribution in [0.3, 0.4) is 0 Å². The van der Waals surface area contributed by atoms with Crippen LogP contribution in [0.5, 0.6) is 0 Å². The van der Waals surface area contributed by atoms with E-state index in [1.54, 1.807) is 0 Å². The van der Waals surface area contributed by atoms with Crippen LogP contribution >= 0.6 is 11.3 Å². The molecule has 0 aliphatic carbocycles. The number of ketones is 1. The molecule has 2 rings (SSSR count). The molecule has 17 heavy (non-hydrogen) atoms. The van der Waals surface area contributed by atoms with Gasteiger partial charge in [-0.25, -0.2) is 4.79 Å². The van der Waals surface area contributed by atoms with Crippen molar-refractivity contribution in [1.82, 2.24) is 5.32 Å². The zero-order chi connectivity index (χ0) is 12.3. The minimum atomic E-state index is -0.599. The summed E-state index contributed by atoms with van der Waals surface area (Å²) >= 11 is 1.52. The average Bonchev–Trinajstić information content (AvgIpc) is 2.79. The Labute approximate surface area is 102 Å². The van der Waals surface area contributed by atoms with Gasteiger partial charge in [0.1, 0.15) is 0 Å². The molecule has 0 saturated heterocycles. The molecular weight excluding hydrogens is 238 g/mol. The molecule has 0 radical (unpaired) electrons. The molecule has 1 aromatic heterocycles. The lowest BCUT2D eigenvalue weighted by Crippen LogP contribution is -2.29. The number of thiophene rings is 1. The Morgan fingerprint density at radius 3 is 2.88 bits per heavy atom. The molecule has 1 heterocycles. The highest BCUT2D eigenvalue weighted by Crippen LogP contribution is 2.25. The van der Waals surface area contributed by atoms with Crippen LogP contribution in [0.1, 0.15) is 10.4 Å². The summed E-state index contributed by atoms with van der Waals surface area (Å²) in [7, 11) is 1.26. The highest BCUT2D eigenvalue weighted by molar-refractivity contribution is 7.17. The van der Waals surface area contributed by atoms with Crippen LogP contribution in [0.15, 0.2) is 29.6 Å². The van der Waals surface area contributed by atoms with E-state index in [1.807, 2.05) is 29.6 Å². The number of carbonyl (C=O) groups is 2. The first kappa shape index (κ1) is 11.6. The summed E-state index contributed by atoms with van der Waals surface area (Å²) in [6.45, 7) is -0.0482. The van der Waals surface area contributed by atoms with Crippen LogP contribution in [0.25, 0.3) is 10.1 Å². The van der Waals surface area contributed by atoms with E-state index in [0.717, 1.165) is 10.1 Å².